The number of benzene rings is 1. The van der Waals surface area contributed by atoms with E-state index >= 15 is 0 Å². The van der Waals surface area contributed by atoms with Gasteiger partial charge in [-0.3, -0.25) is 9.48 Å². The van der Waals surface area contributed by atoms with Gasteiger partial charge in [0.1, 0.15) is 0 Å². The Morgan fingerprint density at radius 2 is 2.11 bits per heavy atom. The van der Waals surface area contributed by atoms with Crippen LogP contribution >= 0.6 is 0 Å². The van der Waals surface area contributed by atoms with E-state index in [0.717, 1.165) is 28.4 Å². The minimum atomic E-state index is 0.715. The molecule has 2 aromatic heterocycles. The number of rotatable bonds is 3. The lowest BCUT2D eigenvalue weighted by Gasteiger charge is -2.03. The van der Waals surface area contributed by atoms with Crippen molar-refractivity contribution in [2.45, 2.75) is 6.54 Å². The molecule has 4 heteroatoms. The van der Waals surface area contributed by atoms with Crippen LogP contribution in [0.3, 0.4) is 0 Å². The fourth-order valence-electron chi connectivity index (χ4n) is 2.21. The van der Waals surface area contributed by atoms with E-state index in [0.29, 0.717) is 6.54 Å². The fraction of sp³-hybridized carbons (Fsp3) is 0.143. The number of aldehydes is 1. The van der Waals surface area contributed by atoms with Gasteiger partial charge in [-0.2, -0.15) is 5.10 Å². The molecule has 0 saturated heterocycles. The van der Waals surface area contributed by atoms with Gasteiger partial charge in [-0.05, 0) is 18.2 Å². The molecule has 0 N–H and O–H groups in total. The highest BCUT2D eigenvalue weighted by molar-refractivity contribution is 5.97. The van der Waals surface area contributed by atoms with E-state index in [-0.39, 0.29) is 0 Å². The van der Waals surface area contributed by atoms with Gasteiger partial charge < -0.3 is 4.57 Å². The Morgan fingerprint density at radius 3 is 2.83 bits per heavy atom. The SMILES string of the molecule is Cn1ccc(Cn2ccc3c(C=O)cccc32)n1. The summed E-state index contributed by atoms with van der Waals surface area (Å²) >= 11 is 0. The topological polar surface area (TPSA) is 39.8 Å². The molecule has 3 rings (SSSR count). The molecule has 0 atom stereocenters. The van der Waals surface area contributed by atoms with Crippen LogP contribution in [0.2, 0.25) is 0 Å². The Balaban J connectivity index is 2.05. The van der Waals surface area contributed by atoms with Crippen LogP contribution in [0.25, 0.3) is 10.9 Å². The molecule has 1 aromatic carbocycles. The number of carbonyl (C=O) groups excluding carboxylic acids is 1. The molecule has 0 radical (unpaired) electrons. The normalized spacial score (nSPS) is 10.9. The van der Waals surface area contributed by atoms with E-state index in [4.69, 9.17) is 0 Å². The second-order valence-corrected chi connectivity index (χ2v) is 4.32. The van der Waals surface area contributed by atoms with Crippen molar-refractivity contribution in [1.29, 1.82) is 0 Å². The van der Waals surface area contributed by atoms with Crippen molar-refractivity contribution in [2.75, 3.05) is 0 Å². The van der Waals surface area contributed by atoms with Crippen LogP contribution in [0.5, 0.6) is 0 Å². The Kier molecular flexibility index (Phi) is 2.48. The van der Waals surface area contributed by atoms with Gasteiger partial charge in [0.25, 0.3) is 0 Å². The lowest BCUT2D eigenvalue weighted by Crippen LogP contribution is -2.00. The van der Waals surface area contributed by atoms with Crippen molar-refractivity contribution in [3.63, 3.8) is 0 Å². The molecule has 0 unspecified atom stereocenters. The van der Waals surface area contributed by atoms with Crippen molar-refractivity contribution in [3.05, 3.63) is 54.0 Å². The third-order valence-corrected chi connectivity index (χ3v) is 3.08. The summed E-state index contributed by atoms with van der Waals surface area (Å²) in [5.74, 6) is 0. The van der Waals surface area contributed by atoms with E-state index in [1.807, 2.05) is 49.8 Å². The summed E-state index contributed by atoms with van der Waals surface area (Å²) in [7, 11) is 1.90. The number of hydrogen-bond acceptors (Lipinski definition) is 2. The predicted octanol–water partition coefficient (Wildman–Crippen LogP) is 2.24. The summed E-state index contributed by atoms with van der Waals surface area (Å²) in [5, 5.41) is 5.35. The number of aryl methyl sites for hydroxylation is 1. The molecular formula is C14H13N3O. The zero-order chi connectivity index (χ0) is 12.5. The average molecular weight is 239 g/mol. The Hall–Kier alpha value is -2.36. The number of aromatic nitrogens is 3. The van der Waals surface area contributed by atoms with Crippen LogP contribution in [0.1, 0.15) is 16.1 Å². The first-order valence-corrected chi connectivity index (χ1v) is 5.79. The van der Waals surface area contributed by atoms with E-state index in [9.17, 15) is 4.79 Å². The Labute approximate surface area is 104 Å². The summed E-state index contributed by atoms with van der Waals surface area (Å²) in [6.07, 6.45) is 4.82. The molecule has 4 nitrogen and oxygen atoms in total. The maximum absolute atomic E-state index is 11.0. The first kappa shape index (κ1) is 10.8. The highest BCUT2D eigenvalue weighted by atomic mass is 16.1. The number of hydrogen-bond donors (Lipinski definition) is 0. The second kappa shape index (κ2) is 4.14. The third kappa shape index (κ3) is 1.72. The summed E-state index contributed by atoms with van der Waals surface area (Å²) in [4.78, 5) is 11.0. The average Bonchev–Trinajstić information content (AvgIpc) is 2.97. The monoisotopic (exact) mass is 239 g/mol. The molecule has 0 aliphatic heterocycles. The molecule has 0 fully saturated rings. The standard InChI is InChI=1S/C14H13N3O/c1-16-7-5-12(15-16)9-17-8-6-13-11(10-18)3-2-4-14(13)17/h2-8,10H,9H2,1H3. The van der Waals surface area contributed by atoms with Crippen LogP contribution in [-0.2, 0) is 13.6 Å². The van der Waals surface area contributed by atoms with Gasteiger partial charge in [-0.15, -0.1) is 0 Å². The molecule has 3 aromatic rings. The Bertz CT molecular complexity index is 709. The minimum Gasteiger partial charge on any atom is -0.341 e. The summed E-state index contributed by atoms with van der Waals surface area (Å²) < 4.78 is 3.89. The zero-order valence-electron chi connectivity index (χ0n) is 10.1. The molecule has 0 saturated carbocycles. The van der Waals surface area contributed by atoms with E-state index in [1.54, 1.807) is 4.68 Å². The smallest absolute Gasteiger partial charge is 0.150 e. The molecule has 90 valence electrons. The number of nitrogens with zero attached hydrogens (tertiary/aromatic N) is 3. The molecule has 0 amide bonds. The van der Waals surface area contributed by atoms with E-state index in [1.165, 1.54) is 0 Å². The van der Waals surface area contributed by atoms with Crippen LogP contribution in [0, 0.1) is 0 Å². The van der Waals surface area contributed by atoms with E-state index in [2.05, 4.69) is 9.67 Å². The lowest BCUT2D eigenvalue weighted by atomic mass is 10.1. The molecule has 0 bridgehead atoms. The van der Waals surface area contributed by atoms with Crippen molar-refractivity contribution < 1.29 is 4.79 Å². The van der Waals surface area contributed by atoms with Gasteiger partial charge in [0.05, 0.1) is 12.2 Å². The van der Waals surface area contributed by atoms with Crippen LogP contribution in [0.15, 0.2) is 42.7 Å². The first-order chi connectivity index (χ1) is 8.78. The molecular weight excluding hydrogens is 226 g/mol. The number of fused-ring (bicyclic) bond motifs is 1. The molecule has 0 spiro atoms. The van der Waals surface area contributed by atoms with Crippen molar-refractivity contribution >= 4 is 17.2 Å². The van der Waals surface area contributed by atoms with E-state index < -0.39 is 0 Å². The molecule has 0 aliphatic rings. The maximum Gasteiger partial charge on any atom is 0.150 e. The summed E-state index contributed by atoms with van der Waals surface area (Å²) in [6, 6.07) is 9.73. The van der Waals surface area contributed by atoms with Gasteiger partial charge in [-0.25, -0.2) is 0 Å². The van der Waals surface area contributed by atoms with Crippen LogP contribution in [-0.4, -0.2) is 20.6 Å². The lowest BCUT2D eigenvalue weighted by molar-refractivity contribution is 0.112. The highest BCUT2D eigenvalue weighted by Gasteiger charge is 2.06. The van der Waals surface area contributed by atoms with Crippen molar-refractivity contribution in [2.24, 2.45) is 7.05 Å². The molecule has 0 aliphatic carbocycles. The third-order valence-electron chi connectivity index (χ3n) is 3.08. The van der Waals surface area contributed by atoms with Gasteiger partial charge in [0.15, 0.2) is 6.29 Å². The highest BCUT2D eigenvalue weighted by Crippen LogP contribution is 2.19. The predicted molar refractivity (Wildman–Crippen MR) is 69.6 cm³/mol. The summed E-state index contributed by atoms with van der Waals surface area (Å²) in [5.41, 5.74) is 2.80. The van der Waals surface area contributed by atoms with Gasteiger partial charge in [-0.1, -0.05) is 12.1 Å². The van der Waals surface area contributed by atoms with Crippen molar-refractivity contribution in [3.8, 4) is 0 Å². The number of carbonyl (C=O) groups is 1. The first-order valence-electron chi connectivity index (χ1n) is 5.79. The zero-order valence-corrected chi connectivity index (χ0v) is 10.1. The molecule has 18 heavy (non-hydrogen) atoms. The van der Waals surface area contributed by atoms with Gasteiger partial charge >= 0.3 is 0 Å². The summed E-state index contributed by atoms with van der Waals surface area (Å²) in [6.45, 7) is 0.715. The minimum absolute atomic E-state index is 0.715. The van der Waals surface area contributed by atoms with Crippen LogP contribution < -0.4 is 0 Å². The quantitative estimate of drug-likeness (QED) is 0.657. The largest absolute Gasteiger partial charge is 0.341 e. The fourth-order valence-corrected chi connectivity index (χ4v) is 2.21. The molecule has 2 heterocycles. The van der Waals surface area contributed by atoms with Gasteiger partial charge in [0.2, 0.25) is 0 Å². The van der Waals surface area contributed by atoms with Crippen molar-refractivity contribution in [1.82, 2.24) is 14.3 Å². The van der Waals surface area contributed by atoms with Gasteiger partial charge in [0, 0.05) is 35.9 Å². The second-order valence-electron chi connectivity index (χ2n) is 4.32. The van der Waals surface area contributed by atoms with Crippen LogP contribution in [0.4, 0.5) is 0 Å². The maximum atomic E-state index is 11.0. The Morgan fingerprint density at radius 1 is 1.22 bits per heavy atom.